The zero-order valence-electron chi connectivity index (χ0n) is 12.0. The van der Waals surface area contributed by atoms with E-state index in [0.717, 1.165) is 32.1 Å². The van der Waals surface area contributed by atoms with Gasteiger partial charge in [0.25, 0.3) is 0 Å². The average Bonchev–Trinajstić information content (AvgIpc) is 2.91. The standard InChI is InChI=1S/C14H25O3PS/c1-3-5-9-16-18(15,17-10-6-4-2)11-7-14-8-12-19-13-14/h8,12-13H,3-7,9-11H2,1-2H3. The number of rotatable bonds is 11. The maximum absolute atomic E-state index is 12.6. The largest absolute Gasteiger partial charge is 0.331 e. The van der Waals surface area contributed by atoms with Crippen molar-refractivity contribution >= 4 is 18.9 Å². The highest BCUT2D eigenvalue weighted by Gasteiger charge is 2.24. The quantitative estimate of drug-likeness (QED) is 0.420. The fourth-order valence-corrected chi connectivity index (χ4v) is 3.95. The summed E-state index contributed by atoms with van der Waals surface area (Å²) in [5.41, 5.74) is 1.21. The predicted octanol–water partition coefficient (Wildman–Crippen LogP) is 5.12. The summed E-state index contributed by atoms with van der Waals surface area (Å²) < 4.78 is 23.7. The predicted molar refractivity (Wildman–Crippen MR) is 82.2 cm³/mol. The number of hydrogen-bond acceptors (Lipinski definition) is 4. The first-order valence-electron chi connectivity index (χ1n) is 7.09. The van der Waals surface area contributed by atoms with Gasteiger partial charge in [0.15, 0.2) is 0 Å². The van der Waals surface area contributed by atoms with Crippen LogP contribution in [-0.4, -0.2) is 19.4 Å². The van der Waals surface area contributed by atoms with Crippen molar-refractivity contribution in [2.24, 2.45) is 0 Å². The smallest absolute Gasteiger partial charge is 0.309 e. The summed E-state index contributed by atoms with van der Waals surface area (Å²) in [5.74, 6) is 0. The molecule has 1 aromatic rings. The van der Waals surface area contributed by atoms with Crippen molar-refractivity contribution in [3.8, 4) is 0 Å². The third-order valence-electron chi connectivity index (χ3n) is 2.83. The first kappa shape index (κ1) is 16.9. The number of hydrogen-bond donors (Lipinski definition) is 0. The number of unbranched alkanes of at least 4 members (excludes halogenated alkanes) is 2. The van der Waals surface area contributed by atoms with Crippen molar-refractivity contribution in [2.75, 3.05) is 19.4 Å². The van der Waals surface area contributed by atoms with Crippen LogP contribution >= 0.6 is 18.9 Å². The van der Waals surface area contributed by atoms with Crippen molar-refractivity contribution in [1.82, 2.24) is 0 Å². The van der Waals surface area contributed by atoms with Crippen molar-refractivity contribution in [3.63, 3.8) is 0 Å². The molecule has 0 aliphatic heterocycles. The van der Waals surface area contributed by atoms with Gasteiger partial charge >= 0.3 is 7.60 Å². The van der Waals surface area contributed by atoms with Crippen LogP contribution in [-0.2, 0) is 20.0 Å². The summed E-state index contributed by atoms with van der Waals surface area (Å²) in [5, 5.41) is 4.12. The second-order valence-electron chi connectivity index (χ2n) is 4.59. The Morgan fingerprint density at radius 2 is 1.79 bits per heavy atom. The van der Waals surface area contributed by atoms with Gasteiger partial charge in [0.1, 0.15) is 0 Å². The van der Waals surface area contributed by atoms with Crippen LogP contribution in [0.3, 0.4) is 0 Å². The maximum atomic E-state index is 12.6. The van der Waals surface area contributed by atoms with Crippen LogP contribution in [0.1, 0.15) is 45.1 Å². The summed E-state index contributed by atoms with van der Waals surface area (Å²) in [7, 11) is -2.92. The molecule has 5 heteroatoms. The van der Waals surface area contributed by atoms with E-state index >= 15 is 0 Å². The molecule has 1 heterocycles. The third kappa shape index (κ3) is 7.26. The zero-order chi connectivity index (χ0) is 14.0. The lowest BCUT2D eigenvalue weighted by atomic mass is 10.3. The molecular weight excluding hydrogens is 279 g/mol. The maximum Gasteiger partial charge on any atom is 0.331 e. The Kier molecular flexibility index (Phi) is 8.64. The Morgan fingerprint density at radius 1 is 1.16 bits per heavy atom. The van der Waals surface area contributed by atoms with Crippen molar-refractivity contribution in [1.29, 1.82) is 0 Å². The van der Waals surface area contributed by atoms with E-state index in [1.807, 2.05) is 5.38 Å². The lowest BCUT2D eigenvalue weighted by Gasteiger charge is -2.18. The minimum atomic E-state index is -2.92. The van der Waals surface area contributed by atoms with Crippen molar-refractivity contribution < 1.29 is 13.6 Å². The molecule has 0 saturated heterocycles. The molecule has 0 unspecified atom stereocenters. The van der Waals surface area contributed by atoms with Gasteiger partial charge in [-0.15, -0.1) is 0 Å². The lowest BCUT2D eigenvalue weighted by Crippen LogP contribution is -2.04. The molecule has 110 valence electrons. The van der Waals surface area contributed by atoms with Gasteiger partial charge in [-0.05, 0) is 41.7 Å². The molecule has 0 atom stereocenters. The van der Waals surface area contributed by atoms with Gasteiger partial charge in [-0.25, -0.2) is 0 Å². The fraction of sp³-hybridized carbons (Fsp3) is 0.714. The molecule has 19 heavy (non-hydrogen) atoms. The van der Waals surface area contributed by atoms with E-state index in [-0.39, 0.29) is 0 Å². The van der Waals surface area contributed by atoms with Gasteiger partial charge < -0.3 is 9.05 Å². The van der Waals surface area contributed by atoms with Crippen molar-refractivity contribution in [3.05, 3.63) is 22.4 Å². The van der Waals surface area contributed by atoms with Gasteiger partial charge in [-0.1, -0.05) is 26.7 Å². The van der Waals surface area contributed by atoms with Gasteiger partial charge in [-0.3, -0.25) is 4.57 Å². The van der Waals surface area contributed by atoms with Crippen LogP contribution in [0.15, 0.2) is 16.8 Å². The number of thiophene rings is 1. The highest BCUT2D eigenvalue weighted by atomic mass is 32.1. The van der Waals surface area contributed by atoms with E-state index in [1.54, 1.807) is 11.3 Å². The Hall–Kier alpha value is -0.150. The van der Waals surface area contributed by atoms with Crippen LogP contribution in [0.2, 0.25) is 0 Å². The summed E-state index contributed by atoms with van der Waals surface area (Å²) in [6, 6.07) is 2.06. The van der Waals surface area contributed by atoms with Crippen LogP contribution in [0.5, 0.6) is 0 Å². The molecule has 0 N–H and O–H groups in total. The summed E-state index contributed by atoms with van der Waals surface area (Å²) in [6.07, 6.45) is 5.19. The van der Waals surface area contributed by atoms with Crippen LogP contribution in [0.4, 0.5) is 0 Å². The van der Waals surface area contributed by atoms with Crippen LogP contribution in [0.25, 0.3) is 0 Å². The minimum absolute atomic E-state index is 0.483. The molecule has 0 saturated carbocycles. The molecule has 0 bridgehead atoms. The van der Waals surface area contributed by atoms with Crippen molar-refractivity contribution in [2.45, 2.75) is 46.0 Å². The van der Waals surface area contributed by atoms with E-state index < -0.39 is 7.60 Å². The summed E-state index contributed by atoms with van der Waals surface area (Å²) in [4.78, 5) is 0. The second-order valence-corrected chi connectivity index (χ2v) is 7.56. The van der Waals surface area contributed by atoms with Gasteiger partial charge in [-0.2, -0.15) is 11.3 Å². The van der Waals surface area contributed by atoms with E-state index in [0.29, 0.717) is 19.4 Å². The SMILES string of the molecule is CCCCOP(=O)(CCc1ccsc1)OCCCC. The Balaban J connectivity index is 2.44. The Morgan fingerprint density at radius 3 is 2.26 bits per heavy atom. The average molecular weight is 304 g/mol. The summed E-state index contributed by atoms with van der Waals surface area (Å²) >= 11 is 1.66. The lowest BCUT2D eigenvalue weighted by molar-refractivity contribution is 0.200. The van der Waals surface area contributed by atoms with E-state index in [4.69, 9.17) is 9.05 Å². The molecule has 0 spiro atoms. The third-order valence-corrected chi connectivity index (χ3v) is 5.48. The molecule has 0 aliphatic carbocycles. The monoisotopic (exact) mass is 304 g/mol. The van der Waals surface area contributed by atoms with Gasteiger partial charge in [0.05, 0.1) is 19.4 Å². The molecule has 0 fully saturated rings. The molecule has 0 amide bonds. The summed E-state index contributed by atoms with van der Waals surface area (Å²) in [6.45, 7) is 5.25. The van der Waals surface area contributed by atoms with Crippen LogP contribution in [0, 0.1) is 0 Å². The van der Waals surface area contributed by atoms with E-state index in [2.05, 4.69) is 25.3 Å². The number of aryl methyl sites for hydroxylation is 1. The normalized spacial score (nSPS) is 11.9. The molecule has 0 radical (unpaired) electrons. The zero-order valence-corrected chi connectivity index (χ0v) is 13.7. The molecular formula is C14H25O3PS. The fourth-order valence-electron chi connectivity index (χ4n) is 1.56. The second kappa shape index (κ2) is 9.71. The minimum Gasteiger partial charge on any atom is -0.309 e. The Bertz CT molecular complexity index is 351. The Labute approximate surface area is 120 Å². The van der Waals surface area contributed by atoms with E-state index in [9.17, 15) is 4.57 Å². The highest BCUT2D eigenvalue weighted by Crippen LogP contribution is 2.49. The van der Waals surface area contributed by atoms with Gasteiger partial charge in [0, 0.05) is 0 Å². The van der Waals surface area contributed by atoms with E-state index in [1.165, 1.54) is 5.56 Å². The molecule has 0 aromatic carbocycles. The first-order valence-corrected chi connectivity index (χ1v) is 9.76. The molecule has 0 aliphatic rings. The highest BCUT2D eigenvalue weighted by molar-refractivity contribution is 7.53. The molecule has 1 aromatic heterocycles. The molecule has 3 nitrogen and oxygen atoms in total. The first-order chi connectivity index (χ1) is 9.20. The van der Waals surface area contributed by atoms with Gasteiger partial charge in [0.2, 0.25) is 0 Å². The van der Waals surface area contributed by atoms with Crippen LogP contribution < -0.4 is 0 Å². The molecule has 1 rings (SSSR count). The topological polar surface area (TPSA) is 35.5 Å².